The molecule has 2 amide bonds. The van der Waals surface area contributed by atoms with Gasteiger partial charge in [-0.25, -0.2) is 0 Å². The summed E-state index contributed by atoms with van der Waals surface area (Å²) in [5, 5.41) is 33.5. The SMILES string of the molecule is C[C@H](N)C(=O)N[C@@H](CCCCN)C(=O)N[C@@H](CCCN=C(N)N)[B-](O)(O)O. The number of nitrogens with two attached hydrogens (primary N) is 4. The van der Waals surface area contributed by atoms with Gasteiger partial charge in [0.1, 0.15) is 6.04 Å². The van der Waals surface area contributed by atoms with Crippen LogP contribution in [0.3, 0.4) is 0 Å². The lowest BCUT2D eigenvalue weighted by Crippen LogP contribution is -2.61. The van der Waals surface area contributed by atoms with E-state index in [1.807, 2.05) is 0 Å². The molecule has 0 heterocycles. The van der Waals surface area contributed by atoms with Crippen molar-refractivity contribution in [3.8, 4) is 0 Å². The molecule has 0 radical (unpaired) electrons. The minimum Gasteiger partial charge on any atom is -0.558 e. The number of nitrogens with one attached hydrogen (secondary N) is 2. The van der Waals surface area contributed by atoms with Crippen molar-refractivity contribution < 1.29 is 24.7 Å². The molecule has 0 aliphatic carbocycles. The van der Waals surface area contributed by atoms with E-state index in [4.69, 9.17) is 22.9 Å². The first-order valence-electron chi connectivity index (χ1n) is 8.92. The van der Waals surface area contributed by atoms with E-state index in [9.17, 15) is 24.7 Å². The van der Waals surface area contributed by atoms with Crippen molar-refractivity contribution in [2.24, 2.45) is 27.9 Å². The third-order valence-corrected chi connectivity index (χ3v) is 3.83. The number of carbonyl (C=O) groups is 2. The average Bonchev–Trinajstić information content (AvgIpc) is 2.55. The molecule has 0 aromatic heterocycles. The predicted octanol–water partition coefficient (Wildman–Crippen LogP) is -4.06. The third-order valence-electron chi connectivity index (χ3n) is 3.83. The highest BCUT2D eigenvalue weighted by Crippen LogP contribution is 2.08. The number of amides is 2. The summed E-state index contributed by atoms with van der Waals surface area (Å²) in [4.78, 5) is 28.1. The van der Waals surface area contributed by atoms with E-state index in [1.54, 1.807) is 0 Å². The van der Waals surface area contributed by atoms with Gasteiger partial charge in [-0.15, -0.1) is 0 Å². The Balaban J connectivity index is 4.99. The number of rotatable bonds is 13. The van der Waals surface area contributed by atoms with Crippen molar-refractivity contribution in [1.82, 2.24) is 10.6 Å². The normalized spacial score (nSPS) is 14.7. The van der Waals surface area contributed by atoms with Crippen LogP contribution in [0.1, 0.15) is 39.0 Å². The Kier molecular flexibility index (Phi) is 11.6. The maximum absolute atomic E-state index is 12.5. The summed E-state index contributed by atoms with van der Waals surface area (Å²) in [7, 11) is 0. The van der Waals surface area contributed by atoms with Crippen LogP contribution in [0.4, 0.5) is 0 Å². The molecule has 0 bridgehead atoms. The van der Waals surface area contributed by atoms with Gasteiger partial charge in [-0.05, 0) is 45.1 Å². The van der Waals surface area contributed by atoms with Crippen molar-refractivity contribution in [3.63, 3.8) is 0 Å². The number of hydrogen-bond donors (Lipinski definition) is 9. The number of guanidine groups is 1. The fourth-order valence-corrected chi connectivity index (χ4v) is 2.28. The molecule has 0 saturated carbocycles. The molecule has 0 aromatic carbocycles. The lowest BCUT2D eigenvalue weighted by Gasteiger charge is -2.34. The van der Waals surface area contributed by atoms with Gasteiger partial charge in [-0.2, -0.15) is 0 Å². The first-order valence-corrected chi connectivity index (χ1v) is 8.92. The van der Waals surface area contributed by atoms with Crippen LogP contribution < -0.4 is 33.6 Å². The highest BCUT2D eigenvalue weighted by molar-refractivity contribution is 6.58. The van der Waals surface area contributed by atoms with Crippen LogP contribution >= 0.6 is 0 Å². The van der Waals surface area contributed by atoms with E-state index in [1.165, 1.54) is 6.92 Å². The zero-order valence-electron chi connectivity index (χ0n) is 15.7. The molecule has 158 valence electrons. The molecule has 13 N–H and O–H groups in total. The second-order valence-corrected chi connectivity index (χ2v) is 6.49. The molecule has 0 aromatic rings. The van der Waals surface area contributed by atoms with E-state index >= 15 is 0 Å². The van der Waals surface area contributed by atoms with Crippen molar-refractivity contribution in [1.29, 1.82) is 0 Å². The van der Waals surface area contributed by atoms with Crippen LogP contribution in [0.2, 0.25) is 0 Å². The molecule has 12 nitrogen and oxygen atoms in total. The number of nitrogens with zero attached hydrogens (tertiary/aromatic N) is 1. The van der Waals surface area contributed by atoms with Gasteiger partial charge in [0.2, 0.25) is 11.8 Å². The lowest BCUT2D eigenvalue weighted by atomic mass is 9.68. The Morgan fingerprint density at radius 3 is 2.15 bits per heavy atom. The van der Waals surface area contributed by atoms with Gasteiger partial charge in [-0.1, -0.05) is 6.42 Å². The van der Waals surface area contributed by atoms with Gasteiger partial charge in [0, 0.05) is 6.54 Å². The summed E-state index contributed by atoms with van der Waals surface area (Å²) >= 11 is 0. The van der Waals surface area contributed by atoms with Crippen LogP contribution in [0.25, 0.3) is 0 Å². The maximum Gasteiger partial charge on any atom is 0.393 e. The van der Waals surface area contributed by atoms with E-state index in [0.29, 0.717) is 19.4 Å². The Labute approximate surface area is 158 Å². The van der Waals surface area contributed by atoms with Gasteiger partial charge in [-0.3, -0.25) is 14.6 Å². The van der Waals surface area contributed by atoms with Crippen LogP contribution in [-0.2, 0) is 9.59 Å². The standard InChI is InChI=1S/C14H33BN7O5/c1-9(17)12(23)21-10(5-2-3-7-16)13(24)22-11(15(25,26)27)6-4-8-20-14(18)19/h9-11,25-27H,2-8,16-17H2,1H3,(H,21,23)(H,22,24)(H4,18,19,20)/q-1/t9-,10-,11-/m0/s1. The molecule has 0 rings (SSSR count). The molecule has 0 fully saturated rings. The van der Waals surface area contributed by atoms with Gasteiger partial charge >= 0.3 is 6.75 Å². The van der Waals surface area contributed by atoms with Crippen molar-refractivity contribution >= 4 is 24.5 Å². The molecular weight excluding hydrogens is 357 g/mol. The number of carbonyl (C=O) groups excluding carboxylic acids is 2. The predicted molar refractivity (Wildman–Crippen MR) is 103 cm³/mol. The Morgan fingerprint density at radius 1 is 1.04 bits per heavy atom. The summed E-state index contributed by atoms with van der Waals surface area (Å²) in [5.74, 6) is -2.67. The fraction of sp³-hybridized carbons (Fsp3) is 0.786. The second kappa shape index (κ2) is 12.5. The number of hydrogen-bond acceptors (Lipinski definition) is 8. The van der Waals surface area contributed by atoms with Gasteiger partial charge in [0.05, 0.1) is 6.04 Å². The molecule has 13 heteroatoms. The first kappa shape index (κ1) is 25.1. The minimum absolute atomic E-state index is 0.00276. The summed E-state index contributed by atoms with van der Waals surface area (Å²) in [6, 6.07) is -1.77. The van der Waals surface area contributed by atoms with E-state index in [-0.39, 0.29) is 31.8 Å². The molecule has 0 saturated heterocycles. The van der Waals surface area contributed by atoms with Crippen LogP contribution in [0, 0.1) is 0 Å². The third kappa shape index (κ3) is 11.4. The molecule has 0 aliphatic rings. The topological polar surface area (TPSA) is 235 Å². The lowest BCUT2D eigenvalue weighted by molar-refractivity contribution is -0.130. The molecule has 27 heavy (non-hydrogen) atoms. The number of unbranched alkanes of at least 4 members (excludes halogenated alkanes) is 1. The summed E-state index contributed by atoms with van der Waals surface area (Å²) in [6.07, 6.45) is 1.77. The zero-order valence-corrected chi connectivity index (χ0v) is 15.7. The minimum atomic E-state index is -3.84. The van der Waals surface area contributed by atoms with E-state index in [0.717, 1.165) is 0 Å². The van der Waals surface area contributed by atoms with Crippen molar-refractivity contribution in [2.75, 3.05) is 13.1 Å². The van der Waals surface area contributed by atoms with Gasteiger partial charge in [0.15, 0.2) is 5.96 Å². The second-order valence-electron chi connectivity index (χ2n) is 6.49. The molecular formula is C14H33BN7O5-. The Bertz CT molecular complexity index is 495. The Hall–Kier alpha value is -1.93. The van der Waals surface area contributed by atoms with Crippen molar-refractivity contribution in [3.05, 3.63) is 0 Å². The average molecular weight is 390 g/mol. The Morgan fingerprint density at radius 2 is 1.67 bits per heavy atom. The summed E-state index contributed by atoms with van der Waals surface area (Å²) < 4.78 is 0. The van der Waals surface area contributed by atoms with Crippen LogP contribution in [0.5, 0.6) is 0 Å². The zero-order chi connectivity index (χ0) is 21.0. The van der Waals surface area contributed by atoms with Crippen molar-refractivity contribution in [2.45, 2.75) is 57.1 Å². The quantitative estimate of drug-likeness (QED) is 0.0642. The highest BCUT2D eigenvalue weighted by atomic mass is 16.5. The smallest absolute Gasteiger partial charge is 0.393 e. The number of aliphatic imine (C=N–C) groups is 1. The molecule has 0 aliphatic heterocycles. The summed E-state index contributed by atoms with van der Waals surface area (Å²) in [6.45, 7) is -1.75. The van der Waals surface area contributed by atoms with Gasteiger partial charge < -0.3 is 48.6 Å². The monoisotopic (exact) mass is 390 g/mol. The highest BCUT2D eigenvalue weighted by Gasteiger charge is 2.32. The summed E-state index contributed by atoms with van der Waals surface area (Å²) in [5.41, 5.74) is 21.3. The van der Waals surface area contributed by atoms with Crippen LogP contribution in [-0.4, -0.2) is 70.7 Å². The maximum atomic E-state index is 12.5. The fourth-order valence-electron chi connectivity index (χ4n) is 2.28. The van der Waals surface area contributed by atoms with E-state index in [2.05, 4.69) is 15.6 Å². The first-order chi connectivity index (χ1) is 12.5. The van der Waals surface area contributed by atoms with Gasteiger partial charge in [0.25, 0.3) is 0 Å². The molecule has 3 atom stereocenters. The van der Waals surface area contributed by atoms with E-state index < -0.39 is 36.6 Å². The largest absolute Gasteiger partial charge is 0.558 e. The molecule has 0 spiro atoms. The molecule has 0 unspecified atom stereocenters. The van der Waals surface area contributed by atoms with Crippen LogP contribution in [0.15, 0.2) is 4.99 Å².